The van der Waals surface area contributed by atoms with Crippen LogP contribution in [0.3, 0.4) is 0 Å². The van der Waals surface area contributed by atoms with Crippen molar-refractivity contribution in [3.05, 3.63) is 42.8 Å². The van der Waals surface area contributed by atoms with E-state index in [9.17, 15) is 0 Å². The van der Waals surface area contributed by atoms with Gasteiger partial charge in [0.25, 0.3) is 0 Å². The topological polar surface area (TPSA) is 18.5 Å². The molecule has 1 aromatic carbocycles. The zero-order chi connectivity index (χ0) is 23.0. The molecule has 184 valence electrons. The molecule has 0 aliphatic heterocycles. The first kappa shape index (κ1) is 40.9. The van der Waals surface area contributed by atoms with Gasteiger partial charge in [-0.05, 0) is 58.1 Å². The van der Waals surface area contributed by atoms with Crippen molar-refractivity contribution in [2.24, 2.45) is 0 Å². The first-order chi connectivity index (χ1) is 12.7. The molecular weight excluding hydrogens is 522 g/mol. The van der Waals surface area contributed by atoms with Gasteiger partial charge in [-0.3, -0.25) is 0 Å². The van der Waals surface area contributed by atoms with Gasteiger partial charge in [0.15, 0.2) is 8.32 Å². The number of hydrogen-bond donors (Lipinski definition) is 0. The first-order valence-electron chi connectivity index (χ1n) is 10.5. The van der Waals surface area contributed by atoms with Crippen LogP contribution in [0.4, 0.5) is 0 Å². The van der Waals surface area contributed by atoms with Crippen LogP contribution in [0, 0.1) is 14.4 Å². The molecule has 0 saturated heterocycles. The van der Waals surface area contributed by atoms with Crippen LogP contribution >= 0.6 is 0 Å². The molecule has 0 unspecified atom stereocenters. The summed E-state index contributed by atoms with van der Waals surface area (Å²) in [5, 5.41) is 0. The van der Waals surface area contributed by atoms with Crippen molar-refractivity contribution in [3.8, 4) is 0 Å². The zero-order valence-corrected chi connectivity index (χ0v) is 29.2. The van der Waals surface area contributed by atoms with Crippen molar-refractivity contribution in [1.29, 1.82) is 0 Å². The predicted molar refractivity (Wildman–Crippen MR) is 151 cm³/mol. The molecule has 0 aliphatic carbocycles. The minimum atomic E-state index is -1.16. The molecule has 0 saturated carbocycles. The van der Waals surface area contributed by atoms with Gasteiger partial charge in [0.2, 0.25) is 9.04 Å². The summed E-state index contributed by atoms with van der Waals surface area (Å²) in [6, 6.07) is 8.71. The second-order valence-corrected chi connectivity index (χ2v) is 21.4. The van der Waals surface area contributed by atoms with Crippen LogP contribution in [0.25, 0.3) is 0 Å². The standard InChI is InChI=1S/C10H14.C6H17OSi2.C5H14OSi.CH5Si.CH3.Ru.2H/c1-8(2)10-6-4-9(3)5-7-10;1-8(2)7-6-9(3,4)5;1-5-6-7(2,3)4;1-2;;;;/h4-8H,1-3H3;6H2,1-5H3;5H2,1-4H3;2H2,1H3;1H3;;;/q;;;;-1;;;. The summed E-state index contributed by atoms with van der Waals surface area (Å²) in [7, 11) is -0.646. The van der Waals surface area contributed by atoms with Gasteiger partial charge >= 0.3 is 19.5 Å². The average molecular weight is 577 g/mol. The normalized spacial score (nSPS) is 10.3. The van der Waals surface area contributed by atoms with Gasteiger partial charge < -0.3 is 16.3 Å². The third kappa shape index (κ3) is 36.0. The molecule has 0 bridgehead atoms. The predicted octanol–water partition coefficient (Wildman–Crippen LogP) is 6.69. The van der Waals surface area contributed by atoms with Gasteiger partial charge in [-0.25, -0.2) is 0 Å². The SMILES string of the molecule is CCO[Si](C)(C)C.C[SiH2].C[Si](C)OC[Si](C)(C)C.Cc1ccc(C(C)C)cc1.[CH3-].[RuH2]. The molecule has 1 aromatic rings. The Labute approximate surface area is 211 Å². The van der Waals surface area contributed by atoms with E-state index in [4.69, 9.17) is 8.85 Å². The molecule has 0 N–H and O–H groups in total. The summed E-state index contributed by atoms with van der Waals surface area (Å²) < 4.78 is 10.9. The van der Waals surface area contributed by atoms with Crippen molar-refractivity contribution < 1.29 is 28.3 Å². The average Bonchev–Trinajstić information content (AvgIpc) is 2.55. The van der Waals surface area contributed by atoms with E-state index < -0.39 is 25.4 Å². The number of rotatable bonds is 6. The molecule has 0 atom stereocenters. The van der Waals surface area contributed by atoms with Crippen molar-refractivity contribution in [2.75, 3.05) is 12.8 Å². The Morgan fingerprint density at radius 1 is 0.933 bits per heavy atom. The maximum absolute atomic E-state index is 5.57. The van der Waals surface area contributed by atoms with E-state index in [2.05, 4.69) is 97.4 Å². The Morgan fingerprint density at radius 3 is 1.50 bits per heavy atom. The van der Waals surface area contributed by atoms with Gasteiger partial charge in [-0.2, -0.15) is 0 Å². The summed E-state index contributed by atoms with van der Waals surface area (Å²) >= 11 is 0. The monoisotopic (exact) mass is 577 g/mol. The van der Waals surface area contributed by atoms with Crippen LogP contribution in [0.15, 0.2) is 24.3 Å². The molecule has 0 aliphatic rings. The fourth-order valence-corrected chi connectivity index (χ4v) is 5.50. The van der Waals surface area contributed by atoms with Crippen LogP contribution in [-0.2, 0) is 28.3 Å². The van der Waals surface area contributed by atoms with Gasteiger partial charge in [0.1, 0.15) is 0 Å². The van der Waals surface area contributed by atoms with Crippen molar-refractivity contribution in [1.82, 2.24) is 0 Å². The second-order valence-electron chi connectivity index (χ2n) is 9.37. The van der Waals surface area contributed by atoms with Gasteiger partial charge in [-0.15, -0.1) is 0 Å². The summed E-state index contributed by atoms with van der Waals surface area (Å²) in [4.78, 5) is 0. The van der Waals surface area contributed by atoms with Gasteiger partial charge in [0, 0.05) is 23.1 Å². The van der Waals surface area contributed by atoms with Crippen molar-refractivity contribution in [2.45, 2.75) is 92.5 Å². The van der Waals surface area contributed by atoms with Gasteiger partial charge in [0.05, 0.1) is 8.07 Å². The molecule has 7 heteroatoms. The second kappa shape index (κ2) is 22.8. The van der Waals surface area contributed by atoms with Crippen LogP contribution in [0.2, 0.25) is 58.9 Å². The van der Waals surface area contributed by atoms with Crippen LogP contribution in [-0.4, -0.2) is 48.5 Å². The van der Waals surface area contributed by atoms with Gasteiger partial charge in [-0.1, -0.05) is 69.9 Å². The third-order valence-electron chi connectivity index (χ3n) is 3.12. The Balaban J connectivity index is -0.0000000981. The molecule has 0 heterocycles. The molecule has 0 spiro atoms. The molecule has 0 aromatic heterocycles. The minimum absolute atomic E-state index is 0. The summed E-state index contributed by atoms with van der Waals surface area (Å²) in [6.07, 6.45) is 1.04. The van der Waals surface area contributed by atoms with E-state index in [-0.39, 0.29) is 26.9 Å². The zero-order valence-electron chi connectivity index (χ0n) is 22.7. The molecule has 2 nitrogen and oxygen atoms in total. The van der Waals surface area contributed by atoms with E-state index in [0.29, 0.717) is 5.92 Å². The fourth-order valence-electron chi connectivity index (χ4n) is 1.75. The Morgan fingerprint density at radius 2 is 1.33 bits per heavy atom. The number of hydrogen-bond acceptors (Lipinski definition) is 2. The molecule has 2 radical (unpaired) electrons. The fraction of sp³-hybridized carbons (Fsp3) is 0.696. The molecular formula is C23H55O2RuSi4-. The van der Waals surface area contributed by atoms with E-state index >= 15 is 0 Å². The Hall–Kier alpha value is 0.631. The van der Waals surface area contributed by atoms with Crippen molar-refractivity contribution in [3.63, 3.8) is 0 Å². The third-order valence-corrected chi connectivity index (χ3v) is 6.29. The van der Waals surface area contributed by atoms with E-state index in [1.54, 1.807) is 0 Å². The molecule has 0 amide bonds. The summed E-state index contributed by atoms with van der Waals surface area (Å²) in [5.74, 6) is 0.653. The van der Waals surface area contributed by atoms with Crippen LogP contribution in [0.5, 0.6) is 0 Å². The maximum atomic E-state index is 5.57. The molecule has 0 fully saturated rings. The Kier molecular flexibility index (Phi) is 31.1. The van der Waals surface area contributed by atoms with Crippen LogP contribution < -0.4 is 0 Å². The Bertz CT molecular complexity index is 454. The molecule has 30 heavy (non-hydrogen) atoms. The van der Waals surface area contributed by atoms with E-state index in [1.165, 1.54) is 11.1 Å². The van der Waals surface area contributed by atoms with Crippen LogP contribution in [0.1, 0.15) is 37.8 Å². The van der Waals surface area contributed by atoms with Crippen molar-refractivity contribution >= 4 is 35.7 Å². The van der Waals surface area contributed by atoms with E-state index in [0.717, 1.165) is 12.8 Å². The number of benzene rings is 1. The number of aryl methyl sites for hydroxylation is 1. The molecule has 1 rings (SSSR count). The quantitative estimate of drug-likeness (QED) is 0.278. The summed E-state index contributed by atoms with van der Waals surface area (Å²) in [5.41, 5.74) is 2.76. The summed E-state index contributed by atoms with van der Waals surface area (Å²) in [6.45, 7) is 29.4. The van der Waals surface area contributed by atoms with E-state index in [1.807, 2.05) is 23.7 Å². The first-order valence-corrected chi connectivity index (χ1v) is 21.5.